The highest BCUT2D eigenvalue weighted by molar-refractivity contribution is 6.28. The normalized spacial score (nSPS) is 15.2. The van der Waals surface area contributed by atoms with E-state index in [1.807, 2.05) is 13.2 Å². The molecule has 0 bridgehead atoms. The van der Waals surface area contributed by atoms with Crippen LogP contribution in [0.25, 0.3) is 0 Å². The minimum atomic E-state index is 0.319. The average molecular weight is 241 g/mol. The lowest BCUT2D eigenvalue weighted by molar-refractivity contribution is 0.778. The number of hydrogen-bond acceptors (Lipinski definition) is 4. The molecule has 0 aliphatic heterocycles. The number of hydrogen-bond donors (Lipinski definition) is 1. The molecule has 2 N–H and O–H groups in total. The van der Waals surface area contributed by atoms with E-state index in [1.165, 1.54) is 18.4 Å². The van der Waals surface area contributed by atoms with E-state index in [-0.39, 0.29) is 0 Å². The van der Waals surface area contributed by atoms with Crippen molar-refractivity contribution in [2.45, 2.75) is 25.2 Å². The van der Waals surface area contributed by atoms with Crippen LogP contribution >= 0.6 is 11.6 Å². The standard InChI is InChI=1S/C11H17ClN4/c1-16(6-2-5-13)10-9(8-3-4-8)7-14-11(12)15-10/h7-8H,2-6,13H2,1H3. The molecule has 0 saturated heterocycles. The van der Waals surface area contributed by atoms with Crippen molar-refractivity contribution in [1.82, 2.24) is 9.97 Å². The Balaban J connectivity index is 2.19. The maximum absolute atomic E-state index is 5.85. The highest BCUT2D eigenvalue weighted by atomic mass is 35.5. The molecule has 0 atom stereocenters. The zero-order chi connectivity index (χ0) is 11.5. The first kappa shape index (κ1) is 11.6. The number of aromatic nitrogens is 2. The summed E-state index contributed by atoms with van der Waals surface area (Å²) in [5, 5.41) is 0.319. The van der Waals surface area contributed by atoms with Crippen LogP contribution < -0.4 is 10.6 Å². The Morgan fingerprint density at radius 2 is 2.31 bits per heavy atom. The Kier molecular flexibility index (Phi) is 3.61. The highest BCUT2D eigenvalue weighted by Crippen LogP contribution is 2.43. The molecule has 2 rings (SSSR count). The molecular formula is C11H17ClN4. The Morgan fingerprint density at radius 3 is 2.94 bits per heavy atom. The molecular weight excluding hydrogens is 224 g/mol. The summed E-state index contributed by atoms with van der Waals surface area (Å²) >= 11 is 5.85. The fraction of sp³-hybridized carbons (Fsp3) is 0.636. The predicted octanol–water partition coefficient (Wildman–Crippen LogP) is 1.79. The molecule has 1 fully saturated rings. The Morgan fingerprint density at radius 1 is 1.56 bits per heavy atom. The summed E-state index contributed by atoms with van der Waals surface area (Å²) in [6.07, 6.45) is 5.30. The molecule has 1 aromatic heterocycles. The number of nitrogens with two attached hydrogens (primary N) is 1. The fourth-order valence-corrected chi connectivity index (χ4v) is 1.91. The summed E-state index contributed by atoms with van der Waals surface area (Å²) in [6, 6.07) is 0. The highest BCUT2D eigenvalue weighted by Gasteiger charge is 2.28. The first-order valence-corrected chi connectivity index (χ1v) is 6.04. The van der Waals surface area contributed by atoms with Gasteiger partial charge in [0.25, 0.3) is 0 Å². The summed E-state index contributed by atoms with van der Waals surface area (Å²) in [6.45, 7) is 1.60. The first-order chi connectivity index (χ1) is 7.72. The van der Waals surface area contributed by atoms with Crippen molar-refractivity contribution in [3.05, 3.63) is 17.0 Å². The number of nitrogens with zero attached hydrogens (tertiary/aromatic N) is 3. The smallest absolute Gasteiger partial charge is 0.224 e. The van der Waals surface area contributed by atoms with E-state index in [4.69, 9.17) is 17.3 Å². The monoisotopic (exact) mass is 240 g/mol. The third-order valence-electron chi connectivity index (χ3n) is 2.84. The first-order valence-electron chi connectivity index (χ1n) is 5.66. The summed E-state index contributed by atoms with van der Waals surface area (Å²) in [5.74, 6) is 1.60. The molecule has 1 aromatic rings. The van der Waals surface area contributed by atoms with E-state index in [0.717, 1.165) is 18.8 Å². The van der Waals surface area contributed by atoms with Gasteiger partial charge in [0.05, 0.1) is 0 Å². The van der Waals surface area contributed by atoms with Gasteiger partial charge in [-0.25, -0.2) is 9.97 Å². The van der Waals surface area contributed by atoms with Gasteiger partial charge in [-0.05, 0) is 43.3 Å². The SMILES string of the molecule is CN(CCCN)c1nc(Cl)ncc1C1CC1. The van der Waals surface area contributed by atoms with E-state index in [2.05, 4.69) is 14.9 Å². The van der Waals surface area contributed by atoms with Crippen molar-refractivity contribution in [3.8, 4) is 0 Å². The van der Waals surface area contributed by atoms with E-state index in [0.29, 0.717) is 17.7 Å². The van der Waals surface area contributed by atoms with Crippen LogP contribution in [0.4, 0.5) is 5.82 Å². The van der Waals surface area contributed by atoms with Crippen molar-refractivity contribution < 1.29 is 0 Å². The Labute approximate surface area is 101 Å². The van der Waals surface area contributed by atoms with E-state index in [1.54, 1.807) is 0 Å². The molecule has 1 aliphatic carbocycles. The average Bonchev–Trinajstić information content (AvgIpc) is 3.09. The van der Waals surface area contributed by atoms with Gasteiger partial charge in [-0.1, -0.05) is 0 Å². The second-order valence-corrected chi connectivity index (χ2v) is 4.59. The Bertz CT molecular complexity index is 365. The van der Waals surface area contributed by atoms with Gasteiger partial charge >= 0.3 is 0 Å². The second kappa shape index (κ2) is 4.97. The molecule has 1 aliphatic rings. The van der Waals surface area contributed by atoms with Gasteiger partial charge in [-0.2, -0.15) is 0 Å². The summed E-state index contributed by atoms with van der Waals surface area (Å²) in [7, 11) is 2.03. The lowest BCUT2D eigenvalue weighted by Crippen LogP contribution is -2.23. The van der Waals surface area contributed by atoms with E-state index < -0.39 is 0 Å². The molecule has 0 radical (unpaired) electrons. The second-order valence-electron chi connectivity index (χ2n) is 4.26. The molecule has 1 saturated carbocycles. The van der Waals surface area contributed by atoms with Crippen LogP contribution in [0.1, 0.15) is 30.7 Å². The Hall–Kier alpha value is -0.870. The molecule has 1 heterocycles. The number of halogens is 1. The molecule has 0 amide bonds. The maximum Gasteiger partial charge on any atom is 0.224 e. The number of rotatable bonds is 5. The molecule has 0 unspecified atom stereocenters. The van der Waals surface area contributed by atoms with Crippen molar-refractivity contribution in [2.24, 2.45) is 5.73 Å². The van der Waals surface area contributed by atoms with Gasteiger partial charge in [-0.3, -0.25) is 0 Å². The minimum absolute atomic E-state index is 0.319. The van der Waals surface area contributed by atoms with Gasteiger partial charge in [0.15, 0.2) is 0 Å². The minimum Gasteiger partial charge on any atom is -0.359 e. The van der Waals surface area contributed by atoms with Crippen LogP contribution in [0.2, 0.25) is 5.28 Å². The van der Waals surface area contributed by atoms with Crippen LogP contribution in [0.15, 0.2) is 6.20 Å². The van der Waals surface area contributed by atoms with Crippen LogP contribution in [0.3, 0.4) is 0 Å². The third kappa shape index (κ3) is 2.62. The maximum atomic E-state index is 5.85. The molecule has 16 heavy (non-hydrogen) atoms. The van der Waals surface area contributed by atoms with Crippen LogP contribution in [0.5, 0.6) is 0 Å². The van der Waals surface area contributed by atoms with Gasteiger partial charge < -0.3 is 10.6 Å². The quantitative estimate of drug-likeness (QED) is 0.798. The lowest BCUT2D eigenvalue weighted by Gasteiger charge is -2.20. The van der Waals surface area contributed by atoms with Crippen LogP contribution in [-0.4, -0.2) is 30.1 Å². The predicted molar refractivity (Wildman–Crippen MR) is 66.0 cm³/mol. The molecule has 0 aromatic carbocycles. The van der Waals surface area contributed by atoms with Crippen molar-refractivity contribution >= 4 is 17.4 Å². The summed E-state index contributed by atoms with van der Waals surface area (Å²) < 4.78 is 0. The largest absolute Gasteiger partial charge is 0.359 e. The third-order valence-corrected chi connectivity index (χ3v) is 3.03. The van der Waals surface area contributed by atoms with Gasteiger partial charge in [0.1, 0.15) is 5.82 Å². The van der Waals surface area contributed by atoms with E-state index in [9.17, 15) is 0 Å². The van der Waals surface area contributed by atoms with Crippen molar-refractivity contribution in [2.75, 3.05) is 25.0 Å². The zero-order valence-corrected chi connectivity index (χ0v) is 10.2. The number of anilines is 1. The molecule has 5 heteroatoms. The lowest BCUT2D eigenvalue weighted by atomic mass is 10.2. The van der Waals surface area contributed by atoms with E-state index >= 15 is 0 Å². The van der Waals surface area contributed by atoms with Gasteiger partial charge in [-0.15, -0.1) is 0 Å². The fourth-order valence-electron chi connectivity index (χ4n) is 1.78. The van der Waals surface area contributed by atoms with Crippen LogP contribution in [-0.2, 0) is 0 Å². The van der Waals surface area contributed by atoms with Crippen molar-refractivity contribution in [3.63, 3.8) is 0 Å². The topological polar surface area (TPSA) is 55.0 Å². The molecule has 4 nitrogen and oxygen atoms in total. The van der Waals surface area contributed by atoms with Crippen molar-refractivity contribution in [1.29, 1.82) is 0 Å². The molecule has 88 valence electrons. The van der Waals surface area contributed by atoms with Crippen LogP contribution in [0, 0.1) is 0 Å². The van der Waals surface area contributed by atoms with Gasteiger partial charge in [0, 0.05) is 25.4 Å². The van der Waals surface area contributed by atoms with Gasteiger partial charge in [0.2, 0.25) is 5.28 Å². The zero-order valence-electron chi connectivity index (χ0n) is 9.49. The molecule has 0 spiro atoms. The summed E-state index contributed by atoms with van der Waals surface area (Å²) in [5.41, 5.74) is 6.74. The summed E-state index contributed by atoms with van der Waals surface area (Å²) in [4.78, 5) is 10.5.